The smallest absolute Gasteiger partial charge is 0.232 e. The molecule has 0 amide bonds. The van der Waals surface area contributed by atoms with Crippen LogP contribution in [0.4, 0.5) is 38.9 Å². The van der Waals surface area contributed by atoms with Crippen molar-refractivity contribution in [2.75, 3.05) is 65.9 Å². The van der Waals surface area contributed by atoms with E-state index in [1.54, 1.807) is 6.20 Å². The van der Waals surface area contributed by atoms with Crippen LogP contribution in [-0.4, -0.2) is 74.3 Å². The Balaban J connectivity index is 1.16. The predicted octanol–water partition coefficient (Wildman–Crippen LogP) is 4.05. The van der Waals surface area contributed by atoms with Crippen molar-refractivity contribution < 1.29 is 12.8 Å². The third-order valence-electron chi connectivity index (χ3n) is 8.22. The van der Waals surface area contributed by atoms with Crippen LogP contribution in [-0.2, 0) is 16.4 Å². The molecule has 10 nitrogen and oxygen atoms in total. The minimum atomic E-state index is -3.43. The molecule has 1 spiro atoms. The zero-order valence-electron chi connectivity index (χ0n) is 22.4. The van der Waals surface area contributed by atoms with E-state index in [0.29, 0.717) is 47.2 Å². The van der Waals surface area contributed by atoms with Gasteiger partial charge in [0.15, 0.2) is 0 Å². The SMILES string of the molecule is CN1CC2(CCN(c3ccc(Nc4nc(Nc5cccc6c5N(S(C)(=O)=O)CC6)c5cc[nH]c5n4)cc3F)C2)C1. The van der Waals surface area contributed by atoms with Gasteiger partial charge in [-0.2, -0.15) is 9.97 Å². The molecule has 0 aliphatic carbocycles. The zero-order valence-corrected chi connectivity index (χ0v) is 23.2. The summed E-state index contributed by atoms with van der Waals surface area (Å²) in [6.45, 7) is 4.28. The van der Waals surface area contributed by atoms with Gasteiger partial charge in [0, 0.05) is 50.0 Å². The van der Waals surface area contributed by atoms with Gasteiger partial charge in [0.05, 0.1) is 28.7 Å². The van der Waals surface area contributed by atoms with Crippen LogP contribution in [0.5, 0.6) is 0 Å². The van der Waals surface area contributed by atoms with Gasteiger partial charge in [-0.3, -0.25) is 4.31 Å². The summed E-state index contributed by atoms with van der Waals surface area (Å²) in [6, 6.07) is 12.7. The van der Waals surface area contributed by atoms with Crippen molar-refractivity contribution in [1.82, 2.24) is 19.9 Å². The van der Waals surface area contributed by atoms with Gasteiger partial charge in [-0.25, -0.2) is 12.8 Å². The summed E-state index contributed by atoms with van der Waals surface area (Å²) in [6.07, 6.45) is 4.71. The highest BCUT2D eigenvalue weighted by molar-refractivity contribution is 7.92. The lowest BCUT2D eigenvalue weighted by Crippen LogP contribution is -2.55. The Hall–Kier alpha value is -3.90. The predicted molar refractivity (Wildman–Crippen MR) is 156 cm³/mol. The van der Waals surface area contributed by atoms with E-state index in [-0.39, 0.29) is 17.2 Å². The molecule has 4 aromatic rings. The molecule has 208 valence electrons. The van der Waals surface area contributed by atoms with Gasteiger partial charge >= 0.3 is 0 Å². The van der Waals surface area contributed by atoms with Gasteiger partial charge in [0.2, 0.25) is 16.0 Å². The molecule has 3 aliphatic rings. The van der Waals surface area contributed by atoms with Crippen molar-refractivity contribution in [2.45, 2.75) is 12.8 Å². The number of nitrogens with zero attached hydrogens (tertiary/aromatic N) is 5. The van der Waals surface area contributed by atoms with E-state index in [0.717, 1.165) is 43.5 Å². The second-order valence-electron chi connectivity index (χ2n) is 11.3. The summed E-state index contributed by atoms with van der Waals surface area (Å²) in [5.41, 5.74) is 4.28. The fourth-order valence-corrected chi connectivity index (χ4v) is 7.51. The number of para-hydroxylation sites is 1. The largest absolute Gasteiger partial charge is 0.368 e. The number of benzene rings is 2. The zero-order chi connectivity index (χ0) is 27.6. The standard InChI is InChI=1S/C28H31FN8O2S/c1-35-15-28(16-35)10-13-36(17-28)23-7-6-19(14-21(23)29)31-27-33-25-20(8-11-30-25)26(34-27)32-22-5-3-4-18-9-12-37(24(18)22)40(2,38)39/h3-8,11,14H,9-10,12-13,15-17H2,1-2H3,(H3,30,31,32,33,34). The molecule has 0 radical (unpaired) electrons. The molecule has 2 aromatic heterocycles. The van der Waals surface area contributed by atoms with Gasteiger partial charge in [0.1, 0.15) is 17.3 Å². The Kier molecular flexibility index (Phi) is 5.69. The Morgan fingerprint density at radius 3 is 2.67 bits per heavy atom. The number of sulfonamides is 1. The lowest BCUT2D eigenvalue weighted by atomic mass is 9.79. The molecule has 3 aliphatic heterocycles. The average molecular weight is 563 g/mol. The van der Waals surface area contributed by atoms with E-state index in [9.17, 15) is 8.42 Å². The normalized spacial score (nSPS) is 18.4. The molecular weight excluding hydrogens is 531 g/mol. The van der Waals surface area contributed by atoms with Crippen LogP contribution in [0.25, 0.3) is 11.0 Å². The average Bonchev–Trinajstić information content (AvgIpc) is 3.62. The van der Waals surface area contributed by atoms with Crippen molar-refractivity contribution in [1.29, 1.82) is 0 Å². The lowest BCUT2D eigenvalue weighted by molar-refractivity contribution is 0.0424. The number of hydrogen-bond acceptors (Lipinski definition) is 8. The number of likely N-dealkylation sites (tertiary alicyclic amines) is 1. The summed E-state index contributed by atoms with van der Waals surface area (Å²) in [5.74, 6) is 0.511. The van der Waals surface area contributed by atoms with Gasteiger partial charge in [-0.15, -0.1) is 0 Å². The van der Waals surface area contributed by atoms with Gasteiger partial charge in [0.25, 0.3) is 0 Å². The first-order valence-corrected chi connectivity index (χ1v) is 15.2. The molecule has 3 N–H and O–H groups in total. The highest BCUT2D eigenvalue weighted by Gasteiger charge is 2.46. The van der Waals surface area contributed by atoms with Crippen LogP contribution in [0.1, 0.15) is 12.0 Å². The monoisotopic (exact) mass is 562 g/mol. The van der Waals surface area contributed by atoms with Crippen molar-refractivity contribution in [3.8, 4) is 0 Å². The van der Waals surface area contributed by atoms with E-state index in [1.165, 1.54) is 16.6 Å². The van der Waals surface area contributed by atoms with E-state index in [2.05, 4.69) is 37.4 Å². The number of fused-ring (bicyclic) bond motifs is 2. The second kappa shape index (κ2) is 9.07. The van der Waals surface area contributed by atoms with E-state index < -0.39 is 10.0 Å². The molecular formula is C28H31FN8O2S. The Morgan fingerprint density at radius 1 is 1.05 bits per heavy atom. The summed E-state index contributed by atoms with van der Waals surface area (Å²) >= 11 is 0. The minimum Gasteiger partial charge on any atom is -0.368 e. The van der Waals surface area contributed by atoms with Crippen molar-refractivity contribution in [3.05, 3.63) is 60.0 Å². The number of H-pyrrole nitrogens is 1. The molecule has 2 fully saturated rings. The van der Waals surface area contributed by atoms with Crippen molar-refractivity contribution >= 4 is 55.6 Å². The Labute approximate surface area is 232 Å². The Bertz CT molecular complexity index is 1730. The van der Waals surface area contributed by atoms with Crippen LogP contribution in [0.2, 0.25) is 0 Å². The van der Waals surface area contributed by atoms with E-state index in [1.807, 2.05) is 36.4 Å². The first-order chi connectivity index (χ1) is 19.2. The first-order valence-electron chi connectivity index (χ1n) is 13.4. The molecule has 12 heteroatoms. The molecule has 0 saturated carbocycles. The lowest BCUT2D eigenvalue weighted by Gasteiger charge is -2.46. The third-order valence-corrected chi connectivity index (χ3v) is 9.38. The number of hydrogen-bond donors (Lipinski definition) is 3. The summed E-state index contributed by atoms with van der Waals surface area (Å²) in [4.78, 5) is 16.8. The number of aromatic nitrogens is 3. The number of rotatable bonds is 6. The summed E-state index contributed by atoms with van der Waals surface area (Å²) in [5, 5.41) is 7.23. The maximum atomic E-state index is 15.3. The minimum absolute atomic E-state index is 0.283. The summed E-state index contributed by atoms with van der Waals surface area (Å²) in [7, 11) is -1.31. The highest BCUT2D eigenvalue weighted by atomic mass is 32.2. The second-order valence-corrected chi connectivity index (χ2v) is 13.2. The van der Waals surface area contributed by atoms with Gasteiger partial charge < -0.3 is 25.4 Å². The van der Waals surface area contributed by atoms with Crippen LogP contribution in [0, 0.1) is 11.2 Å². The van der Waals surface area contributed by atoms with E-state index >= 15 is 4.39 Å². The maximum absolute atomic E-state index is 15.3. The van der Waals surface area contributed by atoms with Crippen molar-refractivity contribution in [3.63, 3.8) is 0 Å². The van der Waals surface area contributed by atoms with E-state index in [4.69, 9.17) is 4.98 Å². The topological polar surface area (TPSA) is 109 Å². The van der Waals surface area contributed by atoms with Crippen LogP contribution in [0.15, 0.2) is 48.7 Å². The fourth-order valence-electron chi connectivity index (χ4n) is 6.54. The molecule has 0 atom stereocenters. The van der Waals surface area contributed by atoms with Gasteiger partial charge in [-0.1, -0.05) is 12.1 Å². The quantitative estimate of drug-likeness (QED) is 0.323. The molecule has 0 unspecified atom stereocenters. The number of anilines is 6. The van der Waals surface area contributed by atoms with Gasteiger partial charge in [-0.05, 0) is 55.8 Å². The summed E-state index contributed by atoms with van der Waals surface area (Å²) < 4.78 is 41.6. The van der Waals surface area contributed by atoms with Crippen LogP contribution < -0.4 is 19.8 Å². The molecule has 40 heavy (non-hydrogen) atoms. The molecule has 7 rings (SSSR count). The molecule has 2 aromatic carbocycles. The van der Waals surface area contributed by atoms with Crippen LogP contribution >= 0.6 is 0 Å². The fraction of sp³-hybridized carbons (Fsp3) is 0.357. The molecule has 5 heterocycles. The molecule has 2 saturated heterocycles. The van der Waals surface area contributed by atoms with Crippen LogP contribution in [0.3, 0.4) is 0 Å². The number of aromatic amines is 1. The molecule has 0 bridgehead atoms. The number of halogens is 1. The Morgan fingerprint density at radius 2 is 1.90 bits per heavy atom. The maximum Gasteiger partial charge on any atom is 0.232 e. The highest BCUT2D eigenvalue weighted by Crippen LogP contribution is 2.42. The third kappa shape index (κ3) is 4.31. The number of nitrogens with one attached hydrogen (secondary N) is 3. The van der Waals surface area contributed by atoms with Crippen molar-refractivity contribution in [2.24, 2.45) is 5.41 Å². The first kappa shape index (κ1) is 25.1.